The van der Waals surface area contributed by atoms with Crippen molar-refractivity contribution in [3.63, 3.8) is 0 Å². The van der Waals surface area contributed by atoms with Crippen LogP contribution in [0.15, 0.2) is 36.4 Å². The molecule has 0 aliphatic rings. The first kappa shape index (κ1) is 14.5. The van der Waals surface area contributed by atoms with Crippen molar-refractivity contribution in [2.45, 2.75) is 13.8 Å². The molecule has 5 nitrogen and oxygen atoms in total. The van der Waals surface area contributed by atoms with Crippen LogP contribution < -0.4 is 4.90 Å². The Kier molecular flexibility index (Phi) is 3.81. The number of aromatic nitrogens is 3. The molecule has 0 bridgehead atoms. The van der Waals surface area contributed by atoms with Crippen LogP contribution in [0, 0.1) is 13.8 Å². The average Bonchev–Trinajstić information content (AvgIpc) is 2.83. The molecule has 0 aliphatic carbocycles. The number of hydrogen-bond donors (Lipinski definition) is 1. The highest BCUT2D eigenvalue weighted by Crippen LogP contribution is 2.26. The van der Waals surface area contributed by atoms with Gasteiger partial charge in [-0.1, -0.05) is 30.3 Å². The summed E-state index contributed by atoms with van der Waals surface area (Å²) in [6.45, 7) is 4.67. The summed E-state index contributed by atoms with van der Waals surface area (Å²) >= 11 is 0. The molecule has 0 aliphatic heterocycles. The molecule has 0 fully saturated rings. The Morgan fingerprint density at radius 2 is 1.91 bits per heavy atom. The number of rotatable bonds is 4. The van der Waals surface area contributed by atoms with Crippen LogP contribution in [-0.2, 0) is 0 Å². The molecule has 3 rings (SSSR count). The first-order chi connectivity index (χ1) is 10.6. The SMILES string of the molecule is Cc1nn2c(N(C)CCO)cc(-c3ccccc3)nc2c1C. The van der Waals surface area contributed by atoms with Crippen molar-refractivity contribution in [1.29, 1.82) is 0 Å². The largest absolute Gasteiger partial charge is 0.395 e. The highest BCUT2D eigenvalue weighted by molar-refractivity contribution is 5.68. The van der Waals surface area contributed by atoms with Crippen molar-refractivity contribution >= 4 is 11.5 Å². The fraction of sp³-hybridized carbons (Fsp3) is 0.294. The van der Waals surface area contributed by atoms with Crippen LogP contribution in [0.2, 0.25) is 0 Å². The third kappa shape index (κ3) is 2.44. The van der Waals surface area contributed by atoms with Gasteiger partial charge in [0.05, 0.1) is 18.0 Å². The number of nitrogens with zero attached hydrogens (tertiary/aromatic N) is 4. The molecule has 0 spiro atoms. The second-order valence-corrected chi connectivity index (χ2v) is 5.46. The molecule has 2 heterocycles. The molecule has 114 valence electrons. The standard InChI is InChI=1S/C17H20N4O/c1-12-13(2)19-21-16(20(3)9-10-22)11-15(18-17(12)21)14-7-5-4-6-8-14/h4-8,11,22H,9-10H2,1-3H3. The predicted molar refractivity (Wildman–Crippen MR) is 88.3 cm³/mol. The monoisotopic (exact) mass is 296 g/mol. The van der Waals surface area contributed by atoms with Gasteiger partial charge in [0, 0.05) is 30.8 Å². The third-order valence-electron chi connectivity index (χ3n) is 3.93. The van der Waals surface area contributed by atoms with Crippen molar-refractivity contribution in [3.8, 4) is 11.3 Å². The van der Waals surface area contributed by atoms with Crippen LogP contribution >= 0.6 is 0 Å². The normalized spacial score (nSPS) is 11.1. The summed E-state index contributed by atoms with van der Waals surface area (Å²) in [6, 6.07) is 12.1. The first-order valence-electron chi connectivity index (χ1n) is 7.36. The third-order valence-corrected chi connectivity index (χ3v) is 3.93. The Hall–Kier alpha value is -2.40. The summed E-state index contributed by atoms with van der Waals surface area (Å²) in [6.07, 6.45) is 0. The van der Waals surface area contributed by atoms with E-state index in [1.54, 1.807) is 0 Å². The first-order valence-corrected chi connectivity index (χ1v) is 7.36. The van der Waals surface area contributed by atoms with E-state index in [1.807, 2.05) is 66.7 Å². The number of fused-ring (bicyclic) bond motifs is 1. The maximum absolute atomic E-state index is 9.23. The summed E-state index contributed by atoms with van der Waals surface area (Å²) in [7, 11) is 1.95. The van der Waals surface area contributed by atoms with Crippen LogP contribution in [0.5, 0.6) is 0 Å². The van der Waals surface area contributed by atoms with Gasteiger partial charge >= 0.3 is 0 Å². The molecule has 5 heteroatoms. The van der Waals surface area contributed by atoms with Gasteiger partial charge in [-0.05, 0) is 13.8 Å². The maximum atomic E-state index is 9.23. The molecule has 22 heavy (non-hydrogen) atoms. The fourth-order valence-corrected chi connectivity index (χ4v) is 2.51. The molecule has 0 saturated heterocycles. The second-order valence-electron chi connectivity index (χ2n) is 5.46. The number of benzene rings is 1. The summed E-state index contributed by atoms with van der Waals surface area (Å²) in [5.74, 6) is 0.925. The topological polar surface area (TPSA) is 53.7 Å². The molecule has 3 aromatic rings. The fourth-order valence-electron chi connectivity index (χ4n) is 2.51. The summed E-state index contributed by atoms with van der Waals surface area (Å²) in [5.41, 5.74) is 4.89. The van der Waals surface area contributed by atoms with Crippen molar-refractivity contribution < 1.29 is 5.11 Å². The van der Waals surface area contributed by atoms with E-state index in [9.17, 15) is 5.11 Å². The molecule has 1 N–H and O–H groups in total. The minimum atomic E-state index is 0.0974. The molecule has 0 amide bonds. The van der Waals surface area contributed by atoms with Crippen molar-refractivity contribution in [2.75, 3.05) is 25.1 Å². The van der Waals surface area contributed by atoms with Crippen molar-refractivity contribution in [3.05, 3.63) is 47.7 Å². The maximum Gasteiger partial charge on any atom is 0.161 e. The minimum Gasteiger partial charge on any atom is -0.395 e. The Bertz CT molecular complexity index is 795. The van der Waals surface area contributed by atoms with E-state index in [4.69, 9.17) is 4.98 Å². The van der Waals surface area contributed by atoms with E-state index in [0.717, 1.165) is 34.0 Å². The predicted octanol–water partition coefficient (Wildman–Crippen LogP) is 2.44. The van der Waals surface area contributed by atoms with E-state index in [2.05, 4.69) is 5.10 Å². The second kappa shape index (κ2) is 5.77. The zero-order chi connectivity index (χ0) is 15.7. The molecule has 0 atom stereocenters. The highest BCUT2D eigenvalue weighted by atomic mass is 16.3. The van der Waals surface area contributed by atoms with E-state index >= 15 is 0 Å². The molecular weight excluding hydrogens is 276 g/mol. The van der Waals surface area contributed by atoms with E-state index in [1.165, 1.54) is 0 Å². The highest BCUT2D eigenvalue weighted by Gasteiger charge is 2.15. The Balaban J connectivity index is 2.25. The van der Waals surface area contributed by atoms with Crippen molar-refractivity contribution in [2.24, 2.45) is 0 Å². The summed E-state index contributed by atoms with van der Waals surface area (Å²) < 4.78 is 1.85. The van der Waals surface area contributed by atoms with E-state index in [0.29, 0.717) is 6.54 Å². The molecule has 0 saturated carbocycles. The zero-order valence-corrected chi connectivity index (χ0v) is 13.1. The summed E-state index contributed by atoms with van der Waals surface area (Å²) in [4.78, 5) is 6.77. The summed E-state index contributed by atoms with van der Waals surface area (Å²) in [5, 5.41) is 13.8. The Morgan fingerprint density at radius 1 is 1.18 bits per heavy atom. The van der Waals surface area contributed by atoms with Crippen LogP contribution in [0.25, 0.3) is 16.9 Å². The van der Waals surface area contributed by atoms with Gasteiger partial charge in [0.1, 0.15) is 5.82 Å². The molecule has 2 aromatic heterocycles. The van der Waals surface area contributed by atoms with Crippen LogP contribution in [0.3, 0.4) is 0 Å². The lowest BCUT2D eigenvalue weighted by Gasteiger charge is -2.19. The van der Waals surface area contributed by atoms with Gasteiger partial charge in [0.15, 0.2) is 5.65 Å². The lowest BCUT2D eigenvalue weighted by molar-refractivity contribution is 0.303. The molecular formula is C17H20N4O. The average molecular weight is 296 g/mol. The number of likely N-dealkylation sites (N-methyl/N-ethyl adjacent to an activating group) is 1. The smallest absolute Gasteiger partial charge is 0.161 e. The van der Waals surface area contributed by atoms with Gasteiger partial charge < -0.3 is 10.0 Å². The minimum absolute atomic E-state index is 0.0974. The van der Waals surface area contributed by atoms with Gasteiger partial charge in [-0.2, -0.15) is 9.61 Å². The van der Waals surface area contributed by atoms with E-state index < -0.39 is 0 Å². The van der Waals surface area contributed by atoms with Gasteiger partial charge in [0.25, 0.3) is 0 Å². The number of aliphatic hydroxyl groups excluding tert-OH is 1. The number of aliphatic hydroxyl groups is 1. The van der Waals surface area contributed by atoms with Crippen LogP contribution in [0.1, 0.15) is 11.3 Å². The van der Waals surface area contributed by atoms with Crippen molar-refractivity contribution in [1.82, 2.24) is 14.6 Å². The molecule has 1 aromatic carbocycles. The van der Waals surface area contributed by atoms with Gasteiger partial charge in [-0.3, -0.25) is 0 Å². The van der Waals surface area contributed by atoms with Gasteiger partial charge in [-0.15, -0.1) is 0 Å². The Morgan fingerprint density at radius 3 is 2.59 bits per heavy atom. The van der Waals surface area contributed by atoms with Crippen LogP contribution in [-0.4, -0.2) is 39.9 Å². The number of aryl methyl sites for hydroxylation is 2. The zero-order valence-electron chi connectivity index (χ0n) is 13.1. The number of anilines is 1. The van der Waals surface area contributed by atoms with Gasteiger partial charge in [0.2, 0.25) is 0 Å². The molecule has 0 unspecified atom stereocenters. The quantitative estimate of drug-likeness (QED) is 0.803. The molecule has 0 radical (unpaired) electrons. The van der Waals surface area contributed by atoms with E-state index in [-0.39, 0.29) is 6.61 Å². The Labute approximate surface area is 129 Å². The lowest BCUT2D eigenvalue weighted by atomic mass is 10.1. The number of hydrogen-bond acceptors (Lipinski definition) is 4. The van der Waals surface area contributed by atoms with Crippen LogP contribution in [0.4, 0.5) is 5.82 Å². The lowest BCUT2D eigenvalue weighted by Crippen LogP contribution is -2.24. The van der Waals surface area contributed by atoms with Gasteiger partial charge in [-0.25, -0.2) is 4.98 Å².